The van der Waals surface area contributed by atoms with Crippen LogP contribution in [-0.4, -0.2) is 29.1 Å². The van der Waals surface area contributed by atoms with Crippen molar-refractivity contribution in [2.45, 2.75) is 186 Å². The molecule has 0 amide bonds. The van der Waals surface area contributed by atoms with Gasteiger partial charge in [-0.1, -0.05) is 89.3 Å². The maximum Gasteiger partial charge on any atom is 0.0564 e. The van der Waals surface area contributed by atoms with Crippen molar-refractivity contribution in [2.24, 2.45) is 75.9 Å². The minimum absolute atomic E-state index is 0.497. The number of hydrogen-bond donors (Lipinski definition) is 0. The van der Waals surface area contributed by atoms with E-state index >= 15 is 0 Å². The smallest absolute Gasteiger partial charge is 0.0564 e. The minimum Gasteiger partial charge on any atom is -0.155 e. The van der Waals surface area contributed by atoms with Crippen molar-refractivity contribution in [3.63, 3.8) is 0 Å². The lowest BCUT2D eigenvalue weighted by atomic mass is 9.65. The Kier molecular flexibility index (Phi) is 10.3. The molecule has 0 spiro atoms. The third-order valence-corrected chi connectivity index (χ3v) is 25.3. The summed E-state index contributed by atoms with van der Waals surface area (Å²) in [5, 5.41) is 3.72. The van der Waals surface area contributed by atoms with E-state index in [0.717, 1.165) is 97.2 Å². The molecule has 0 bridgehead atoms. The molecular weight excluding hydrogens is 597 g/mol. The highest BCUT2D eigenvalue weighted by atomic mass is 32.2. The summed E-state index contributed by atoms with van der Waals surface area (Å²) in [7, 11) is -1.53. The van der Waals surface area contributed by atoms with Crippen molar-refractivity contribution in [3.05, 3.63) is 0 Å². The molecule has 3 heteroatoms. The van der Waals surface area contributed by atoms with Gasteiger partial charge in [-0.25, -0.2) is 0 Å². The highest BCUT2D eigenvalue weighted by Crippen LogP contribution is 2.70. The lowest BCUT2D eigenvalue weighted by molar-refractivity contribution is 0.106. The maximum absolute atomic E-state index is 2.96. The van der Waals surface area contributed by atoms with E-state index in [9.17, 15) is 0 Å². The molecule has 2 saturated heterocycles. The molecule has 6 rings (SSSR count). The van der Waals surface area contributed by atoms with Crippen molar-refractivity contribution >= 4 is 31.6 Å². The van der Waals surface area contributed by atoms with Gasteiger partial charge in [0.1, 0.15) is 0 Å². The first-order valence-electron chi connectivity index (χ1n) is 20.2. The average Bonchev–Trinajstić information content (AvgIpc) is 3.64. The van der Waals surface area contributed by atoms with Gasteiger partial charge >= 0.3 is 0 Å². The number of thioether (sulfide) groups is 2. The van der Waals surface area contributed by atoms with Crippen molar-refractivity contribution in [3.8, 4) is 0 Å². The zero-order valence-electron chi connectivity index (χ0n) is 32.2. The van der Waals surface area contributed by atoms with Crippen molar-refractivity contribution in [1.82, 2.24) is 0 Å². The summed E-state index contributed by atoms with van der Waals surface area (Å²) >= 11 is 5.07. The van der Waals surface area contributed by atoms with Crippen LogP contribution in [0.25, 0.3) is 0 Å². The van der Waals surface area contributed by atoms with Crippen molar-refractivity contribution in [1.29, 1.82) is 0 Å². The normalized spacial score (nSPS) is 49.5. The molecule has 12 atom stereocenters. The Bertz CT molecular complexity index is 1000. The predicted molar refractivity (Wildman–Crippen MR) is 207 cm³/mol. The molecule has 0 N–H and O–H groups in total. The van der Waals surface area contributed by atoms with E-state index in [1.807, 2.05) is 0 Å². The van der Waals surface area contributed by atoms with Gasteiger partial charge in [0.15, 0.2) is 0 Å². The highest BCUT2D eigenvalue weighted by Gasteiger charge is 2.65. The molecular formula is C42H76S2Si. The van der Waals surface area contributed by atoms with Gasteiger partial charge in [-0.15, -0.1) is 0 Å². The van der Waals surface area contributed by atoms with Gasteiger partial charge in [0.25, 0.3) is 0 Å². The summed E-state index contributed by atoms with van der Waals surface area (Å²) in [6, 6.07) is 0. The van der Waals surface area contributed by atoms with E-state index in [-0.39, 0.29) is 0 Å². The second-order valence-electron chi connectivity index (χ2n) is 21.3. The molecule has 6 fully saturated rings. The Morgan fingerprint density at radius 3 is 1.38 bits per heavy atom. The average molecular weight is 673 g/mol. The van der Waals surface area contributed by atoms with Gasteiger partial charge < -0.3 is 0 Å². The molecule has 0 aromatic heterocycles. The molecule has 0 radical (unpaired) electrons. The summed E-state index contributed by atoms with van der Waals surface area (Å²) in [5.74, 6) is 10.7. The molecule has 0 aromatic carbocycles. The predicted octanol–water partition coefficient (Wildman–Crippen LogP) is 13.3. The molecule has 2 heterocycles. The Morgan fingerprint density at radius 1 is 0.578 bits per heavy atom. The second kappa shape index (κ2) is 12.9. The van der Waals surface area contributed by atoms with Crippen LogP contribution in [0, 0.1) is 75.9 Å². The van der Waals surface area contributed by atoms with E-state index in [0.29, 0.717) is 10.8 Å². The summed E-state index contributed by atoms with van der Waals surface area (Å²) < 4.78 is 0. The minimum atomic E-state index is -1.53. The van der Waals surface area contributed by atoms with Crippen molar-refractivity contribution < 1.29 is 0 Å². The SMILES string of the molecule is CC(C)C1CC2C(SC(C)C2C2CCC(C(C)(C)C)CC2)C1[Si](C)(C)C1C(C)CC2C1SC(C)C2C1CCC(C(C)(C)C)CC1. The Hall–Kier alpha value is 0.917. The molecule has 4 aliphatic carbocycles. The summed E-state index contributed by atoms with van der Waals surface area (Å²) in [6.45, 7) is 34.3. The molecule has 2 aliphatic heterocycles. The van der Waals surface area contributed by atoms with Crippen molar-refractivity contribution in [2.75, 3.05) is 0 Å². The topological polar surface area (TPSA) is 0 Å². The van der Waals surface area contributed by atoms with Crippen LogP contribution in [0.5, 0.6) is 0 Å². The fraction of sp³-hybridized carbons (Fsp3) is 1.00. The van der Waals surface area contributed by atoms with E-state index in [1.54, 1.807) is 12.8 Å². The Balaban J connectivity index is 1.20. The van der Waals surface area contributed by atoms with E-state index < -0.39 is 8.07 Å². The molecule has 12 unspecified atom stereocenters. The van der Waals surface area contributed by atoms with Gasteiger partial charge in [0.2, 0.25) is 0 Å². The molecule has 0 aromatic rings. The van der Waals surface area contributed by atoms with Crippen LogP contribution in [0.1, 0.15) is 140 Å². The quantitative estimate of drug-likeness (QED) is 0.267. The lowest BCUT2D eigenvalue weighted by Crippen LogP contribution is -2.48. The third-order valence-electron chi connectivity index (χ3n) is 16.3. The first-order valence-corrected chi connectivity index (χ1v) is 25.3. The number of rotatable bonds is 5. The molecule has 260 valence electrons. The van der Waals surface area contributed by atoms with Crippen LogP contribution in [0.4, 0.5) is 0 Å². The van der Waals surface area contributed by atoms with Gasteiger partial charge in [-0.05, 0) is 151 Å². The van der Waals surface area contributed by atoms with E-state index in [2.05, 4.69) is 113 Å². The van der Waals surface area contributed by atoms with Gasteiger partial charge in [-0.3, -0.25) is 0 Å². The first kappa shape index (κ1) is 35.7. The Morgan fingerprint density at radius 2 is 0.978 bits per heavy atom. The maximum atomic E-state index is 2.96. The van der Waals surface area contributed by atoms with Crippen LogP contribution in [0.15, 0.2) is 0 Å². The molecule has 4 saturated carbocycles. The van der Waals surface area contributed by atoms with Gasteiger partial charge in [0, 0.05) is 21.0 Å². The second-order valence-corrected chi connectivity index (χ2v) is 29.4. The molecule has 0 nitrogen and oxygen atoms in total. The zero-order valence-corrected chi connectivity index (χ0v) is 34.8. The Labute approximate surface area is 291 Å². The monoisotopic (exact) mass is 673 g/mol. The standard InChI is InChI=1S/C42H76S2Si/c1-24(2)32-23-34-36(29-16-20-31(21-17-29)42(9,10)11)27(5)44-38(34)40(32)45(12,13)39-25(3)22-33-35(26(4)43-37(33)39)28-14-18-30(19-15-28)41(6,7)8/h24-40H,14-23H2,1-13H3. The summed E-state index contributed by atoms with van der Waals surface area (Å²) in [5.41, 5.74) is 3.07. The van der Waals surface area contributed by atoms with Crippen LogP contribution >= 0.6 is 23.5 Å². The fourth-order valence-corrected chi connectivity index (χ4v) is 26.6. The summed E-state index contributed by atoms with van der Waals surface area (Å²) in [4.78, 5) is 0. The third kappa shape index (κ3) is 6.49. The van der Waals surface area contributed by atoms with Crippen LogP contribution in [0.2, 0.25) is 24.2 Å². The number of hydrogen-bond acceptors (Lipinski definition) is 2. The van der Waals surface area contributed by atoms with Crippen LogP contribution in [-0.2, 0) is 0 Å². The fourth-order valence-electron chi connectivity index (χ4n) is 14.1. The van der Waals surface area contributed by atoms with Gasteiger partial charge in [0.05, 0.1) is 8.07 Å². The lowest BCUT2D eigenvalue weighted by Gasteiger charge is -2.46. The van der Waals surface area contributed by atoms with Gasteiger partial charge in [-0.2, -0.15) is 23.5 Å². The van der Waals surface area contributed by atoms with E-state index in [4.69, 9.17) is 0 Å². The number of fused-ring (bicyclic) bond motifs is 2. The largest absolute Gasteiger partial charge is 0.155 e. The van der Waals surface area contributed by atoms with E-state index in [1.165, 1.54) is 51.4 Å². The van der Waals surface area contributed by atoms with Crippen LogP contribution in [0.3, 0.4) is 0 Å². The first-order chi connectivity index (χ1) is 20.9. The summed E-state index contributed by atoms with van der Waals surface area (Å²) in [6.07, 6.45) is 15.2. The molecule has 45 heavy (non-hydrogen) atoms. The molecule has 6 aliphatic rings. The highest BCUT2D eigenvalue weighted by molar-refractivity contribution is 8.01. The zero-order chi connectivity index (χ0) is 32.8. The van der Waals surface area contributed by atoms with Crippen LogP contribution < -0.4 is 0 Å².